The van der Waals surface area contributed by atoms with Crippen molar-refractivity contribution in [3.8, 4) is 0 Å². The van der Waals surface area contributed by atoms with Crippen LogP contribution in [0.3, 0.4) is 0 Å². The third-order valence-electron chi connectivity index (χ3n) is 0.842. The molecule has 1 aromatic rings. The molecular weight excluding hydrogens is 144 g/mol. The van der Waals surface area contributed by atoms with Gasteiger partial charge in [-0.2, -0.15) is 0 Å². The molecule has 0 aliphatic heterocycles. The first-order chi connectivity index (χ1) is 4.93. The smallest absolute Gasteiger partial charge is 0.116 e. The molecule has 0 aromatic carbocycles. The van der Waals surface area contributed by atoms with Crippen LogP contribution in [0.15, 0.2) is 30.2 Å². The highest BCUT2D eigenvalue weighted by atomic mass is 32.2. The van der Waals surface area contributed by atoms with Gasteiger partial charge in [-0.05, 0) is 0 Å². The second-order valence-electron chi connectivity index (χ2n) is 1.57. The fraction of sp³-hybridized carbons (Fsp3) is 0.143. The minimum atomic E-state index is 0.869. The molecule has 51 valence electrons. The van der Waals surface area contributed by atoms with E-state index in [1.807, 2.05) is 6.08 Å². The summed E-state index contributed by atoms with van der Waals surface area (Å²) in [6, 6.07) is 2.90. The standard InChI is InChI=1S/C7H7N2S/c1-2-5-10-7-3-4-8-6-9-7/h2,4,6H,1,5H2. The monoisotopic (exact) mass is 151 g/mol. The maximum atomic E-state index is 3.96. The first-order valence-corrected chi connectivity index (χ1v) is 3.83. The molecule has 1 heterocycles. The van der Waals surface area contributed by atoms with E-state index >= 15 is 0 Å². The average molecular weight is 151 g/mol. The van der Waals surface area contributed by atoms with E-state index in [1.54, 1.807) is 18.0 Å². The Balaban J connectivity index is 2.50. The SMILES string of the molecule is C=CCSc1[c]cncn1. The van der Waals surface area contributed by atoms with Crippen LogP contribution in [0, 0.1) is 6.07 Å². The number of rotatable bonds is 3. The Hall–Kier alpha value is -0.830. The molecule has 0 unspecified atom stereocenters. The van der Waals surface area contributed by atoms with Crippen molar-refractivity contribution in [3.05, 3.63) is 31.2 Å². The highest BCUT2D eigenvalue weighted by molar-refractivity contribution is 7.99. The van der Waals surface area contributed by atoms with Crippen LogP contribution in [-0.2, 0) is 0 Å². The number of aromatic nitrogens is 2. The highest BCUT2D eigenvalue weighted by Crippen LogP contribution is 2.11. The molecule has 1 aromatic heterocycles. The van der Waals surface area contributed by atoms with E-state index in [9.17, 15) is 0 Å². The molecule has 0 N–H and O–H groups in total. The Morgan fingerprint density at radius 1 is 1.80 bits per heavy atom. The third kappa shape index (κ3) is 2.19. The molecule has 0 bridgehead atoms. The fourth-order valence-electron chi connectivity index (χ4n) is 0.466. The van der Waals surface area contributed by atoms with Gasteiger partial charge in [0.2, 0.25) is 0 Å². The van der Waals surface area contributed by atoms with E-state index in [0.717, 1.165) is 10.8 Å². The molecule has 0 aliphatic rings. The zero-order valence-electron chi connectivity index (χ0n) is 5.45. The van der Waals surface area contributed by atoms with Gasteiger partial charge in [0, 0.05) is 18.0 Å². The molecule has 0 fully saturated rings. The van der Waals surface area contributed by atoms with Gasteiger partial charge in [-0.25, -0.2) is 9.97 Å². The van der Waals surface area contributed by atoms with Gasteiger partial charge >= 0.3 is 0 Å². The summed E-state index contributed by atoms with van der Waals surface area (Å²) in [5.41, 5.74) is 0. The molecule has 0 saturated heterocycles. The second-order valence-corrected chi connectivity index (χ2v) is 2.58. The topological polar surface area (TPSA) is 25.8 Å². The van der Waals surface area contributed by atoms with Crippen LogP contribution >= 0.6 is 11.8 Å². The molecule has 3 heteroatoms. The normalized spacial score (nSPS) is 9.20. The van der Waals surface area contributed by atoms with Crippen molar-refractivity contribution in [1.82, 2.24) is 9.97 Å². The Morgan fingerprint density at radius 3 is 3.30 bits per heavy atom. The molecule has 0 amide bonds. The largest absolute Gasteiger partial charge is 0.244 e. The van der Waals surface area contributed by atoms with Gasteiger partial charge in [0.15, 0.2) is 0 Å². The first kappa shape index (κ1) is 7.28. The average Bonchev–Trinajstić information content (AvgIpc) is 2.03. The summed E-state index contributed by atoms with van der Waals surface area (Å²) < 4.78 is 0. The van der Waals surface area contributed by atoms with Crippen molar-refractivity contribution in [3.63, 3.8) is 0 Å². The van der Waals surface area contributed by atoms with Crippen LogP contribution in [0.25, 0.3) is 0 Å². The van der Waals surface area contributed by atoms with E-state index in [2.05, 4.69) is 22.6 Å². The van der Waals surface area contributed by atoms with Crippen LogP contribution in [0.2, 0.25) is 0 Å². The van der Waals surface area contributed by atoms with Gasteiger partial charge in [0.25, 0.3) is 0 Å². The van der Waals surface area contributed by atoms with E-state index in [-0.39, 0.29) is 0 Å². The van der Waals surface area contributed by atoms with Crippen molar-refractivity contribution in [2.24, 2.45) is 0 Å². The van der Waals surface area contributed by atoms with Crippen LogP contribution < -0.4 is 0 Å². The number of hydrogen-bond donors (Lipinski definition) is 0. The lowest BCUT2D eigenvalue weighted by Crippen LogP contribution is -1.80. The van der Waals surface area contributed by atoms with Gasteiger partial charge < -0.3 is 0 Å². The minimum Gasteiger partial charge on any atom is -0.244 e. The molecule has 0 saturated carbocycles. The van der Waals surface area contributed by atoms with Crippen molar-refractivity contribution in [1.29, 1.82) is 0 Å². The van der Waals surface area contributed by atoms with E-state index < -0.39 is 0 Å². The van der Waals surface area contributed by atoms with Crippen LogP contribution in [0.4, 0.5) is 0 Å². The quantitative estimate of drug-likeness (QED) is 0.372. The molecule has 1 rings (SSSR count). The van der Waals surface area contributed by atoms with Crippen LogP contribution in [-0.4, -0.2) is 15.7 Å². The molecule has 0 atom stereocenters. The highest BCUT2D eigenvalue weighted by Gasteiger charge is 1.89. The van der Waals surface area contributed by atoms with Gasteiger partial charge in [0.1, 0.15) is 11.4 Å². The molecular formula is C7H7N2S. The number of hydrogen-bond acceptors (Lipinski definition) is 3. The predicted molar refractivity (Wildman–Crippen MR) is 41.8 cm³/mol. The van der Waals surface area contributed by atoms with E-state index in [1.165, 1.54) is 6.33 Å². The van der Waals surface area contributed by atoms with Gasteiger partial charge in [-0.3, -0.25) is 0 Å². The molecule has 2 nitrogen and oxygen atoms in total. The van der Waals surface area contributed by atoms with E-state index in [0.29, 0.717) is 0 Å². The Morgan fingerprint density at radius 2 is 2.70 bits per heavy atom. The Labute approximate surface area is 64.4 Å². The van der Waals surface area contributed by atoms with Gasteiger partial charge in [-0.15, -0.1) is 18.3 Å². The Bertz CT molecular complexity index is 198. The fourth-order valence-corrected chi connectivity index (χ4v) is 0.999. The summed E-state index contributed by atoms with van der Waals surface area (Å²) in [6.07, 6.45) is 4.96. The Kier molecular flexibility index (Phi) is 2.96. The number of nitrogens with zero attached hydrogens (tertiary/aromatic N) is 2. The summed E-state index contributed by atoms with van der Waals surface area (Å²) in [5.74, 6) is 0.869. The van der Waals surface area contributed by atoms with Crippen molar-refractivity contribution >= 4 is 11.8 Å². The van der Waals surface area contributed by atoms with Crippen molar-refractivity contribution in [2.75, 3.05) is 5.75 Å². The van der Waals surface area contributed by atoms with Crippen LogP contribution in [0.1, 0.15) is 0 Å². The summed E-state index contributed by atoms with van der Waals surface area (Å²) in [5, 5.41) is 0.870. The summed E-state index contributed by atoms with van der Waals surface area (Å²) in [4.78, 5) is 7.71. The van der Waals surface area contributed by atoms with Gasteiger partial charge in [0.05, 0.1) is 0 Å². The zero-order chi connectivity index (χ0) is 7.23. The molecule has 0 spiro atoms. The lowest BCUT2D eigenvalue weighted by Gasteiger charge is -1.92. The maximum Gasteiger partial charge on any atom is 0.116 e. The summed E-state index contributed by atoms with van der Waals surface area (Å²) >= 11 is 1.60. The van der Waals surface area contributed by atoms with Gasteiger partial charge in [-0.1, -0.05) is 6.08 Å². The second kappa shape index (κ2) is 4.06. The molecule has 10 heavy (non-hydrogen) atoms. The predicted octanol–water partition coefficient (Wildman–Crippen LogP) is 1.55. The van der Waals surface area contributed by atoms with E-state index in [4.69, 9.17) is 0 Å². The zero-order valence-corrected chi connectivity index (χ0v) is 6.27. The lowest BCUT2D eigenvalue weighted by molar-refractivity contribution is 1.04. The summed E-state index contributed by atoms with van der Waals surface area (Å²) in [6.45, 7) is 3.60. The maximum absolute atomic E-state index is 3.96. The third-order valence-corrected chi connectivity index (χ3v) is 1.74. The van der Waals surface area contributed by atoms with Crippen molar-refractivity contribution < 1.29 is 0 Å². The minimum absolute atomic E-state index is 0.869. The number of thioether (sulfide) groups is 1. The summed E-state index contributed by atoms with van der Waals surface area (Å²) in [7, 11) is 0. The lowest BCUT2D eigenvalue weighted by atomic mass is 10.7. The first-order valence-electron chi connectivity index (χ1n) is 2.85. The van der Waals surface area contributed by atoms with Crippen LogP contribution in [0.5, 0.6) is 0 Å². The molecule has 1 radical (unpaired) electrons. The molecule has 0 aliphatic carbocycles. The van der Waals surface area contributed by atoms with Crippen molar-refractivity contribution in [2.45, 2.75) is 5.03 Å².